The molecule has 2 aromatic rings. The van der Waals surface area contributed by atoms with Gasteiger partial charge in [0.1, 0.15) is 5.75 Å². The molecule has 4 rings (SSSR count). The molecule has 34 heavy (non-hydrogen) atoms. The van der Waals surface area contributed by atoms with Gasteiger partial charge in [0.2, 0.25) is 17.7 Å². The third kappa shape index (κ3) is 5.27. The molecule has 0 spiro atoms. The number of primary amides is 1. The Labute approximate surface area is 199 Å². The van der Waals surface area contributed by atoms with Crippen molar-refractivity contribution in [1.29, 1.82) is 0 Å². The van der Waals surface area contributed by atoms with Gasteiger partial charge in [-0.25, -0.2) is 5.01 Å². The fraction of sp³-hybridized carbons (Fsp3) is 0.385. The Balaban J connectivity index is 1.47. The number of amides is 3. The highest BCUT2D eigenvalue weighted by Crippen LogP contribution is 2.34. The van der Waals surface area contributed by atoms with E-state index < -0.39 is 0 Å². The highest BCUT2D eigenvalue weighted by Gasteiger charge is 2.34. The van der Waals surface area contributed by atoms with Gasteiger partial charge in [-0.15, -0.1) is 0 Å². The molecule has 2 N–H and O–H groups in total. The van der Waals surface area contributed by atoms with Crippen LogP contribution in [0.4, 0.5) is 0 Å². The van der Waals surface area contributed by atoms with Crippen LogP contribution in [0.15, 0.2) is 59.7 Å². The predicted molar refractivity (Wildman–Crippen MR) is 128 cm³/mol. The number of benzene rings is 2. The van der Waals surface area contributed by atoms with Crippen LogP contribution in [0.1, 0.15) is 49.3 Å². The van der Waals surface area contributed by atoms with Crippen molar-refractivity contribution in [2.75, 3.05) is 20.2 Å². The van der Waals surface area contributed by atoms with Crippen molar-refractivity contribution < 1.29 is 19.1 Å². The largest absolute Gasteiger partial charge is 0.497 e. The van der Waals surface area contributed by atoms with Crippen molar-refractivity contribution in [2.24, 2.45) is 16.8 Å². The fourth-order valence-electron chi connectivity index (χ4n) is 4.55. The molecule has 0 aliphatic carbocycles. The van der Waals surface area contributed by atoms with Gasteiger partial charge in [0.15, 0.2) is 0 Å². The van der Waals surface area contributed by atoms with Crippen molar-refractivity contribution in [3.8, 4) is 5.75 Å². The highest BCUT2D eigenvalue weighted by molar-refractivity contribution is 6.03. The van der Waals surface area contributed by atoms with Crippen molar-refractivity contribution >= 4 is 23.4 Å². The van der Waals surface area contributed by atoms with Crippen LogP contribution in [0.3, 0.4) is 0 Å². The molecule has 8 nitrogen and oxygen atoms in total. The zero-order chi connectivity index (χ0) is 24.1. The lowest BCUT2D eigenvalue weighted by Gasteiger charge is -2.31. The fourth-order valence-corrected chi connectivity index (χ4v) is 4.55. The molecule has 3 amide bonds. The maximum absolute atomic E-state index is 13.2. The number of rotatable bonds is 7. The van der Waals surface area contributed by atoms with Crippen LogP contribution >= 0.6 is 0 Å². The van der Waals surface area contributed by atoms with E-state index in [2.05, 4.69) is 5.10 Å². The zero-order valence-electron chi connectivity index (χ0n) is 19.4. The van der Waals surface area contributed by atoms with E-state index in [4.69, 9.17) is 10.5 Å². The number of likely N-dealkylation sites (tertiary alicyclic amines) is 1. The summed E-state index contributed by atoms with van der Waals surface area (Å²) < 4.78 is 5.26. The lowest BCUT2D eigenvalue weighted by atomic mass is 9.97. The van der Waals surface area contributed by atoms with Crippen molar-refractivity contribution in [3.05, 3.63) is 65.7 Å². The summed E-state index contributed by atoms with van der Waals surface area (Å²) in [5, 5.41) is 6.18. The lowest BCUT2D eigenvalue weighted by Crippen LogP contribution is -2.44. The zero-order valence-corrected chi connectivity index (χ0v) is 19.4. The van der Waals surface area contributed by atoms with Crippen molar-refractivity contribution in [3.63, 3.8) is 0 Å². The number of ether oxygens (including phenoxy) is 1. The first-order chi connectivity index (χ1) is 16.5. The first-order valence-electron chi connectivity index (χ1n) is 11.6. The summed E-state index contributed by atoms with van der Waals surface area (Å²) in [6.45, 7) is 0.919. The van der Waals surface area contributed by atoms with Crippen molar-refractivity contribution in [1.82, 2.24) is 9.91 Å². The summed E-state index contributed by atoms with van der Waals surface area (Å²) in [5.74, 6) is -0.291. The van der Waals surface area contributed by atoms with E-state index in [9.17, 15) is 14.4 Å². The molecule has 0 unspecified atom stereocenters. The maximum Gasteiger partial charge on any atom is 0.243 e. The van der Waals surface area contributed by atoms with Crippen LogP contribution in [-0.2, 0) is 14.4 Å². The van der Waals surface area contributed by atoms with E-state index in [0.717, 1.165) is 29.0 Å². The summed E-state index contributed by atoms with van der Waals surface area (Å²) in [6, 6.07) is 17.2. The number of hydrogen-bond donors (Lipinski definition) is 1. The molecule has 1 saturated heterocycles. The Bertz CT molecular complexity index is 1070. The van der Waals surface area contributed by atoms with Gasteiger partial charge in [-0.1, -0.05) is 42.5 Å². The Kier molecular flexibility index (Phi) is 7.25. The van der Waals surface area contributed by atoms with E-state index in [-0.39, 0.29) is 42.5 Å². The Hall–Kier alpha value is -3.68. The first kappa shape index (κ1) is 23.5. The number of hydrazone groups is 1. The highest BCUT2D eigenvalue weighted by atomic mass is 16.5. The molecule has 0 saturated carbocycles. The molecule has 2 aliphatic rings. The summed E-state index contributed by atoms with van der Waals surface area (Å²) in [4.78, 5) is 39.2. The standard InChI is InChI=1S/C26H30N4O4/c1-34-21-11-9-19(10-12-21)23-16-22(18-6-3-2-4-7-18)28-30(23)25(32)14-13-24(31)29-15-5-8-20(17-29)26(27)33/h2-4,6-7,9-12,20,23H,5,8,13-17H2,1H3,(H2,27,33)/t20-,23+/m1/s1. The molecular formula is C26H30N4O4. The maximum atomic E-state index is 13.2. The number of nitrogens with zero attached hydrogens (tertiary/aromatic N) is 3. The van der Waals surface area contributed by atoms with E-state index >= 15 is 0 Å². The Morgan fingerprint density at radius 1 is 1.03 bits per heavy atom. The summed E-state index contributed by atoms with van der Waals surface area (Å²) >= 11 is 0. The predicted octanol–water partition coefficient (Wildman–Crippen LogP) is 2.88. The van der Waals surface area contributed by atoms with Crippen LogP contribution in [0.25, 0.3) is 0 Å². The summed E-state index contributed by atoms with van der Waals surface area (Å²) in [5.41, 5.74) is 8.18. The van der Waals surface area contributed by atoms with Crippen LogP contribution in [0.5, 0.6) is 5.75 Å². The monoisotopic (exact) mass is 462 g/mol. The van der Waals surface area contributed by atoms with Gasteiger partial charge in [-0.3, -0.25) is 14.4 Å². The minimum atomic E-state index is -0.379. The van der Waals surface area contributed by atoms with Crippen LogP contribution in [0.2, 0.25) is 0 Å². The second kappa shape index (κ2) is 10.5. The number of methoxy groups -OCH3 is 1. The molecule has 8 heteroatoms. The molecule has 1 fully saturated rings. The molecule has 2 heterocycles. The first-order valence-corrected chi connectivity index (χ1v) is 11.6. The van der Waals surface area contributed by atoms with Crippen LogP contribution < -0.4 is 10.5 Å². The molecule has 0 aromatic heterocycles. The number of carbonyl (C=O) groups excluding carboxylic acids is 3. The minimum absolute atomic E-state index is 0.0504. The Morgan fingerprint density at radius 3 is 2.41 bits per heavy atom. The third-order valence-electron chi connectivity index (χ3n) is 6.50. The van der Waals surface area contributed by atoms with Gasteiger partial charge in [-0.05, 0) is 36.1 Å². The van der Waals surface area contributed by atoms with Gasteiger partial charge in [0.25, 0.3) is 0 Å². The molecule has 0 bridgehead atoms. The summed E-state index contributed by atoms with van der Waals surface area (Å²) in [7, 11) is 1.61. The van der Waals surface area contributed by atoms with Gasteiger partial charge in [-0.2, -0.15) is 5.10 Å². The average molecular weight is 463 g/mol. The van der Waals surface area contributed by atoms with E-state index in [1.807, 2.05) is 54.6 Å². The van der Waals surface area contributed by atoms with Crippen molar-refractivity contribution in [2.45, 2.75) is 38.1 Å². The quantitative estimate of drug-likeness (QED) is 0.683. The molecule has 2 atom stereocenters. The molecule has 0 radical (unpaired) electrons. The molecule has 2 aromatic carbocycles. The van der Waals surface area contributed by atoms with Crippen LogP contribution in [-0.4, -0.2) is 53.5 Å². The molecule has 2 aliphatic heterocycles. The topological polar surface area (TPSA) is 105 Å². The SMILES string of the molecule is COc1ccc([C@@H]2CC(c3ccccc3)=NN2C(=O)CCC(=O)N2CCC[C@@H](C(N)=O)C2)cc1. The van der Waals surface area contributed by atoms with Gasteiger partial charge < -0.3 is 15.4 Å². The third-order valence-corrected chi connectivity index (χ3v) is 6.50. The van der Waals surface area contributed by atoms with Gasteiger partial charge in [0.05, 0.1) is 24.8 Å². The molecule has 178 valence electrons. The van der Waals surface area contributed by atoms with E-state index in [1.165, 1.54) is 5.01 Å². The van der Waals surface area contributed by atoms with E-state index in [0.29, 0.717) is 25.9 Å². The van der Waals surface area contributed by atoms with E-state index in [1.54, 1.807) is 12.0 Å². The smallest absolute Gasteiger partial charge is 0.243 e. The molecular weight excluding hydrogens is 432 g/mol. The van der Waals surface area contributed by atoms with Gasteiger partial charge in [0, 0.05) is 32.4 Å². The minimum Gasteiger partial charge on any atom is -0.497 e. The van der Waals surface area contributed by atoms with Gasteiger partial charge >= 0.3 is 0 Å². The lowest BCUT2D eigenvalue weighted by molar-refractivity contribution is -0.139. The number of piperidine rings is 1. The Morgan fingerprint density at radius 2 is 1.74 bits per heavy atom. The summed E-state index contributed by atoms with van der Waals surface area (Å²) in [6.07, 6.45) is 2.15. The normalized spacial score (nSPS) is 20.1. The number of carbonyl (C=O) groups is 3. The average Bonchev–Trinajstić information content (AvgIpc) is 3.33. The number of hydrogen-bond acceptors (Lipinski definition) is 5. The second-order valence-corrected chi connectivity index (χ2v) is 8.73. The second-order valence-electron chi connectivity index (χ2n) is 8.73. The van der Waals surface area contributed by atoms with Crippen LogP contribution in [0, 0.1) is 5.92 Å². The number of nitrogens with two attached hydrogens (primary N) is 1.